The molecule has 2 rings (SSSR count). The molecule has 0 bridgehead atoms. The first-order valence-electron chi connectivity index (χ1n) is 10.7. The van der Waals surface area contributed by atoms with Crippen molar-refractivity contribution in [2.24, 2.45) is 0 Å². The molecule has 2 N–H and O–H groups in total. The Labute approximate surface area is 192 Å². The third kappa shape index (κ3) is 8.53. The summed E-state index contributed by atoms with van der Waals surface area (Å²) < 4.78 is 10.9. The number of carbonyl (C=O) groups is 2. The van der Waals surface area contributed by atoms with Gasteiger partial charge in [-0.3, -0.25) is 19.7 Å². The van der Waals surface area contributed by atoms with E-state index in [0.29, 0.717) is 30.5 Å². The molecule has 0 aliphatic heterocycles. The number of aliphatic hydroxyl groups excluding tert-OH is 1. The number of ether oxygens (including phenoxy) is 2. The summed E-state index contributed by atoms with van der Waals surface area (Å²) in [6, 6.07) is 10.4. The Bertz CT molecular complexity index is 997. The quantitative estimate of drug-likeness (QED) is 0.229. The summed E-state index contributed by atoms with van der Waals surface area (Å²) >= 11 is 0. The second kappa shape index (κ2) is 11.4. The lowest BCUT2D eigenvalue weighted by Crippen LogP contribution is -2.25. The van der Waals surface area contributed by atoms with Gasteiger partial charge < -0.3 is 19.9 Å². The summed E-state index contributed by atoms with van der Waals surface area (Å²) in [6.45, 7) is 7.36. The topological polar surface area (TPSA) is 128 Å². The molecule has 33 heavy (non-hydrogen) atoms. The van der Waals surface area contributed by atoms with Crippen LogP contribution in [0.2, 0.25) is 0 Å². The number of nitro benzene ring substituents is 1. The zero-order valence-electron chi connectivity index (χ0n) is 19.3. The SMILES string of the molecule is CC(O)c1ccc([N+](=O)[O-])c(Oc2cccc(C(=O)NCCCCC(=O)OC(C)(C)C)c2)c1. The lowest BCUT2D eigenvalue weighted by molar-refractivity contribution is -0.385. The van der Waals surface area contributed by atoms with Gasteiger partial charge in [0.2, 0.25) is 5.75 Å². The van der Waals surface area contributed by atoms with Gasteiger partial charge in [0, 0.05) is 24.6 Å². The molecular formula is C24H30N2O7. The number of amides is 1. The number of unbranched alkanes of at least 4 members (excludes halogenated alkanes) is 1. The van der Waals surface area contributed by atoms with Crippen LogP contribution in [0.25, 0.3) is 0 Å². The summed E-state index contributed by atoms with van der Waals surface area (Å²) in [5.74, 6) is -0.381. The number of benzene rings is 2. The predicted molar refractivity (Wildman–Crippen MR) is 122 cm³/mol. The molecule has 0 aliphatic rings. The Hall–Kier alpha value is -3.46. The van der Waals surface area contributed by atoms with Crippen molar-refractivity contribution < 1.29 is 29.1 Å². The van der Waals surface area contributed by atoms with Crippen LogP contribution in [0.5, 0.6) is 11.5 Å². The number of aliphatic hydroxyl groups is 1. The Morgan fingerprint density at radius 3 is 2.52 bits per heavy atom. The van der Waals surface area contributed by atoms with Gasteiger partial charge in [0.1, 0.15) is 11.4 Å². The van der Waals surface area contributed by atoms with E-state index in [-0.39, 0.29) is 35.5 Å². The third-order valence-electron chi connectivity index (χ3n) is 4.50. The molecule has 9 nitrogen and oxygen atoms in total. The van der Waals surface area contributed by atoms with Crippen LogP contribution in [-0.4, -0.2) is 34.1 Å². The van der Waals surface area contributed by atoms with Crippen LogP contribution in [0.1, 0.15) is 69.0 Å². The lowest BCUT2D eigenvalue weighted by Gasteiger charge is -2.19. The van der Waals surface area contributed by atoms with E-state index < -0.39 is 16.6 Å². The van der Waals surface area contributed by atoms with Crippen molar-refractivity contribution in [3.63, 3.8) is 0 Å². The van der Waals surface area contributed by atoms with Crippen LogP contribution in [0.3, 0.4) is 0 Å². The van der Waals surface area contributed by atoms with E-state index in [4.69, 9.17) is 9.47 Å². The molecule has 1 atom stereocenters. The fourth-order valence-electron chi connectivity index (χ4n) is 2.94. The molecule has 0 spiro atoms. The number of nitro groups is 1. The highest BCUT2D eigenvalue weighted by Gasteiger charge is 2.19. The van der Waals surface area contributed by atoms with Crippen molar-refractivity contribution in [1.29, 1.82) is 0 Å². The molecule has 0 saturated heterocycles. The number of hydrogen-bond acceptors (Lipinski definition) is 7. The van der Waals surface area contributed by atoms with Gasteiger partial charge in [0.05, 0.1) is 11.0 Å². The van der Waals surface area contributed by atoms with Crippen LogP contribution >= 0.6 is 0 Å². The highest BCUT2D eigenvalue weighted by atomic mass is 16.6. The normalized spacial score (nSPS) is 12.0. The monoisotopic (exact) mass is 458 g/mol. The first kappa shape index (κ1) is 25.8. The molecule has 0 fully saturated rings. The maximum atomic E-state index is 12.5. The van der Waals surface area contributed by atoms with Crippen LogP contribution in [-0.2, 0) is 9.53 Å². The fraction of sp³-hybridized carbons (Fsp3) is 0.417. The molecule has 0 radical (unpaired) electrons. The first-order chi connectivity index (χ1) is 15.5. The second-order valence-electron chi connectivity index (χ2n) is 8.59. The van der Waals surface area contributed by atoms with E-state index in [1.54, 1.807) is 25.1 Å². The first-order valence-corrected chi connectivity index (χ1v) is 10.7. The highest BCUT2D eigenvalue weighted by molar-refractivity contribution is 5.94. The summed E-state index contributed by atoms with van der Waals surface area (Å²) in [5, 5.41) is 23.9. The maximum Gasteiger partial charge on any atom is 0.311 e. The Kier molecular flexibility index (Phi) is 8.93. The number of rotatable bonds is 10. The lowest BCUT2D eigenvalue weighted by atomic mass is 10.1. The van der Waals surface area contributed by atoms with Gasteiger partial charge in [0.25, 0.3) is 5.91 Å². The minimum atomic E-state index is -0.819. The van der Waals surface area contributed by atoms with Gasteiger partial charge >= 0.3 is 11.7 Å². The molecule has 1 amide bonds. The average Bonchev–Trinajstić information content (AvgIpc) is 2.72. The van der Waals surface area contributed by atoms with Gasteiger partial charge in [-0.05, 0) is 76.4 Å². The summed E-state index contributed by atoms with van der Waals surface area (Å²) in [4.78, 5) is 34.9. The van der Waals surface area contributed by atoms with Gasteiger partial charge in [0.15, 0.2) is 0 Å². The minimum absolute atomic E-state index is 0.0295. The van der Waals surface area contributed by atoms with E-state index in [9.17, 15) is 24.8 Å². The second-order valence-corrected chi connectivity index (χ2v) is 8.59. The zero-order chi connectivity index (χ0) is 24.6. The molecule has 0 aromatic heterocycles. The Morgan fingerprint density at radius 2 is 1.88 bits per heavy atom. The fourth-order valence-corrected chi connectivity index (χ4v) is 2.94. The highest BCUT2D eigenvalue weighted by Crippen LogP contribution is 2.34. The summed E-state index contributed by atoms with van der Waals surface area (Å²) in [5.41, 5.74) is 0.0281. The smallest absolute Gasteiger partial charge is 0.311 e. The average molecular weight is 459 g/mol. The van der Waals surface area contributed by atoms with E-state index >= 15 is 0 Å². The van der Waals surface area contributed by atoms with Gasteiger partial charge in [-0.1, -0.05) is 6.07 Å². The zero-order valence-corrected chi connectivity index (χ0v) is 19.3. The predicted octanol–water partition coefficient (Wildman–Crippen LogP) is 4.68. The molecule has 0 saturated carbocycles. The van der Waals surface area contributed by atoms with E-state index in [0.717, 1.165) is 0 Å². The van der Waals surface area contributed by atoms with Gasteiger partial charge in [-0.15, -0.1) is 0 Å². The molecule has 0 heterocycles. The summed E-state index contributed by atoms with van der Waals surface area (Å²) in [7, 11) is 0. The Morgan fingerprint density at radius 1 is 1.15 bits per heavy atom. The standard InChI is InChI=1S/C24H30N2O7/c1-16(27)17-11-12-20(26(30)31)21(15-17)32-19-9-7-8-18(14-19)23(29)25-13-6-5-10-22(28)33-24(2,3)4/h7-9,11-12,14-16,27H,5-6,10,13H2,1-4H3,(H,25,29). The maximum absolute atomic E-state index is 12.5. The summed E-state index contributed by atoms with van der Waals surface area (Å²) in [6.07, 6.45) is 0.655. The molecule has 2 aromatic rings. The van der Waals surface area contributed by atoms with Gasteiger partial charge in [-0.2, -0.15) is 0 Å². The van der Waals surface area contributed by atoms with Crippen LogP contribution in [0, 0.1) is 10.1 Å². The third-order valence-corrected chi connectivity index (χ3v) is 4.50. The number of hydrogen-bond donors (Lipinski definition) is 2. The minimum Gasteiger partial charge on any atom is -0.460 e. The molecule has 178 valence electrons. The van der Waals surface area contributed by atoms with Crippen molar-refractivity contribution in [2.75, 3.05) is 6.54 Å². The number of carbonyl (C=O) groups excluding carboxylic acids is 2. The largest absolute Gasteiger partial charge is 0.460 e. The van der Waals surface area contributed by atoms with Crippen LogP contribution in [0.15, 0.2) is 42.5 Å². The molecule has 2 aromatic carbocycles. The van der Waals surface area contributed by atoms with E-state index in [1.165, 1.54) is 24.3 Å². The van der Waals surface area contributed by atoms with Crippen LogP contribution < -0.4 is 10.1 Å². The van der Waals surface area contributed by atoms with Gasteiger partial charge in [-0.25, -0.2) is 0 Å². The molecule has 1 unspecified atom stereocenters. The number of nitrogens with one attached hydrogen (secondary N) is 1. The van der Waals surface area contributed by atoms with Crippen molar-refractivity contribution in [3.05, 3.63) is 63.7 Å². The van der Waals surface area contributed by atoms with Crippen LogP contribution in [0.4, 0.5) is 5.69 Å². The number of nitrogens with zero attached hydrogens (tertiary/aromatic N) is 1. The Balaban J connectivity index is 1.95. The molecular weight excluding hydrogens is 428 g/mol. The van der Waals surface area contributed by atoms with E-state index in [2.05, 4.69) is 5.32 Å². The molecule has 9 heteroatoms. The van der Waals surface area contributed by atoms with Crippen molar-refractivity contribution in [1.82, 2.24) is 5.32 Å². The molecule has 0 aliphatic carbocycles. The van der Waals surface area contributed by atoms with Crippen molar-refractivity contribution in [3.8, 4) is 11.5 Å². The van der Waals surface area contributed by atoms with Crippen molar-refractivity contribution in [2.45, 2.75) is 58.7 Å². The number of esters is 1. The van der Waals surface area contributed by atoms with E-state index in [1.807, 2.05) is 20.8 Å². The van der Waals surface area contributed by atoms with Crippen molar-refractivity contribution >= 4 is 17.6 Å².